The monoisotopic (exact) mass is 361 g/mol. The molecule has 1 aromatic rings. The van der Waals surface area contributed by atoms with Crippen LogP contribution in [0.25, 0.3) is 0 Å². The molecule has 0 heterocycles. The largest absolute Gasteiger partial charge is 0.481 e. The van der Waals surface area contributed by atoms with Gasteiger partial charge in [0, 0.05) is 17.2 Å². The Morgan fingerprint density at radius 3 is 2.38 bits per heavy atom. The molecule has 2 aliphatic rings. The van der Waals surface area contributed by atoms with E-state index in [0.717, 1.165) is 19.3 Å². The number of hydrogen-bond acceptors (Lipinski definition) is 5. The Bertz CT molecular complexity index is 793. The fourth-order valence-electron chi connectivity index (χ4n) is 4.30. The van der Waals surface area contributed by atoms with Gasteiger partial charge < -0.3 is 5.11 Å². The molecule has 2 fully saturated rings. The van der Waals surface area contributed by atoms with Gasteiger partial charge in [0.1, 0.15) is 0 Å². The highest BCUT2D eigenvalue weighted by Crippen LogP contribution is 2.52. The molecule has 26 heavy (non-hydrogen) atoms. The molecule has 0 unspecified atom stereocenters. The van der Waals surface area contributed by atoms with Gasteiger partial charge in [-0.05, 0) is 50.2 Å². The van der Waals surface area contributed by atoms with Gasteiger partial charge in [0.15, 0.2) is 0 Å². The zero-order valence-corrected chi connectivity index (χ0v) is 14.1. The topological polar surface area (TPSA) is 139 Å². The summed E-state index contributed by atoms with van der Waals surface area (Å²) in [7, 11) is 0. The lowest BCUT2D eigenvalue weighted by Gasteiger charge is -2.26. The van der Waals surface area contributed by atoms with Gasteiger partial charge in [0.2, 0.25) is 5.91 Å². The average Bonchev–Trinajstić information content (AvgIpc) is 3.20. The van der Waals surface area contributed by atoms with E-state index in [-0.39, 0.29) is 23.1 Å². The van der Waals surface area contributed by atoms with Crippen molar-refractivity contribution in [1.82, 2.24) is 10.9 Å². The molecule has 9 nitrogen and oxygen atoms in total. The number of nitrogens with one attached hydrogen (secondary N) is 2. The minimum Gasteiger partial charge on any atom is -0.481 e. The second kappa shape index (κ2) is 6.74. The maximum atomic E-state index is 12.4. The molecule has 3 N–H and O–H groups in total. The maximum absolute atomic E-state index is 12.4. The van der Waals surface area contributed by atoms with Gasteiger partial charge in [0.25, 0.3) is 11.6 Å². The Hall–Kier alpha value is -2.97. The third-order valence-corrected chi connectivity index (χ3v) is 5.46. The van der Waals surface area contributed by atoms with Crippen molar-refractivity contribution in [1.29, 1.82) is 0 Å². The first-order valence-corrected chi connectivity index (χ1v) is 8.37. The molecule has 4 atom stereocenters. The smallest absolute Gasteiger partial charge is 0.307 e. The van der Waals surface area contributed by atoms with Crippen LogP contribution in [0.15, 0.2) is 18.2 Å². The lowest BCUT2D eigenvalue weighted by molar-refractivity contribution is -0.385. The van der Waals surface area contributed by atoms with Crippen molar-refractivity contribution in [3.8, 4) is 0 Å². The van der Waals surface area contributed by atoms with Crippen molar-refractivity contribution < 1.29 is 24.4 Å². The summed E-state index contributed by atoms with van der Waals surface area (Å²) in [5, 5.41) is 20.2. The van der Waals surface area contributed by atoms with Gasteiger partial charge in [-0.3, -0.25) is 35.3 Å². The number of nitrogens with zero attached hydrogens (tertiary/aromatic N) is 1. The van der Waals surface area contributed by atoms with Crippen LogP contribution in [0.2, 0.25) is 0 Å². The van der Waals surface area contributed by atoms with Crippen molar-refractivity contribution in [2.75, 3.05) is 0 Å². The molecule has 2 aliphatic carbocycles. The third-order valence-electron chi connectivity index (χ3n) is 5.46. The number of aryl methyl sites for hydroxylation is 1. The molecule has 2 amide bonds. The SMILES string of the molecule is Cc1cc(C(=O)NNC(=O)[C@@H]2[C@H]3CC[C@@H](C3)[C@@H]2C(=O)O)ccc1[N+](=O)[O-]. The summed E-state index contributed by atoms with van der Waals surface area (Å²) >= 11 is 0. The fourth-order valence-corrected chi connectivity index (χ4v) is 4.30. The lowest BCUT2D eigenvalue weighted by Crippen LogP contribution is -2.48. The number of rotatable bonds is 4. The first-order valence-electron chi connectivity index (χ1n) is 8.37. The summed E-state index contributed by atoms with van der Waals surface area (Å²) in [6, 6.07) is 3.88. The minimum atomic E-state index is -0.977. The molecule has 2 bridgehead atoms. The molecule has 2 saturated carbocycles. The second-order valence-corrected chi connectivity index (χ2v) is 6.92. The molecular weight excluding hydrogens is 342 g/mol. The Labute approximate surface area is 148 Å². The molecule has 0 radical (unpaired) electrons. The fraction of sp³-hybridized carbons (Fsp3) is 0.471. The van der Waals surface area contributed by atoms with E-state index in [4.69, 9.17) is 0 Å². The Morgan fingerprint density at radius 2 is 1.81 bits per heavy atom. The molecule has 9 heteroatoms. The van der Waals surface area contributed by atoms with E-state index >= 15 is 0 Å². The number of hydrazine groups is 1. The second-order valence-electron chi connectivity index (χ2n) is 6.92. The number of amides is 2. The van der Waals surface area contributed by atoms with Crippen LogP contribution in [0.4, 0.5) is 5.69 Å². The van der Waals surface area contributed by atoms with E-state index in [1.165, 1.54) is 25.1 Å². The van der Waals surface area contributed by atoms with E-state index in [0.29, 0.717) is 5.56 Å². The number of fused-ring (bicyclic) bond motifs is 2. The van der Waals surface area contributed by atoms with Gasteiger partial charge in [-0.25, -0.2) is 0 Å². The summed E-state index contributed by atoms with van der Waals surface area (Å²) in [6.07, 6.45) is 2.37. The number of carbonyl (C=O) groups excluding carboxylic acids is 2. The Morgan fingerprint density at radius 1 is 1.15 bits per heavy atom. The predicted octanol–water partition coefficient (Wildman–Crippen LogP) is 1.41. The van der Waals surface area contributed by atoms with Gasteiger partial charge in [0.05, 0.1) is 16.8 Å². The number of nitro groups is 1. The summed E-state index contributed by atoms with van der Waals surface area (Å²) < 4.78 is 0. The highest BCUT2D eigenvalue weighted by atomic mass is 16.6. The standard InChI is InChI=1S/C17H19N3O6/c1-8-6-11(4-5-12(8)20(25)26)15(21)18-19-16(22)13-9-2-3-10(7-9)14(13)17(23)24/h4-6,9-10,13-14H,2-3,7H2,1H3,(H,18,21)(H,19,22)(H,23,24)/t9-,10-,13+,14-/m0/s1. The van der Waals surface area contributed by atoms with Crippen molar-refractivity contribution in [3.05, 3.63) is 39.4 Å². The van der Waals surface area contributed by atoms with Crippen LogP contribution in [0, 0.1) is 40.7 Å². The number of carboxylic acids is 1. The molecule has 0 aromatic heterocycles. The third kappa shape index (κ3) is 3.12. The van der Waals surface area contributed by atoms with Crippen molar-refractivity contribution in [2.45, 2.75) is 26.2 Å². The number of benzene rings is 1. The molecule has 0 saturated heterocycles. The summed E-state index contributed by atoms with van der Waals surface area (Å²) in [5.41, 5.74) is 4.97. The molecular formula is C17H19N3O6. The van der Waals surface area contributed by atoms with Gasteiger partial charge >= 0.3 is 5.97 Å². The van der Waals surface area contributed by atoms with Crippen molar-refractivity contribution in [2.24, 2.45) is 23.7 Å². The first-order chi connectivity index (χ1) is 12.3. The predicted molar refractivity (Wildman–Crippen MR) is 88.9 cm³/mol. The number of hydrogen-bond donors (Lipinski definition) is 3. The van der Waals surface area contributed by atoms with Crippen LogP contribution in [-0.2, 0) is 9.59 Å². The van der Waals surface area contributed by atoms with Crippen LogP contribution in [0.3, 0.4) is 0 Å². The van der Waals surface area contributed by atoms with E-state index in [9.17, 15) is 29.6 Å². The van der Waals surface area contributed by atoms with Crippen molar-refractivity contribution in [3.63, 3.8) is 0 Å². The summed E-state index contributed by atoms with van der Waals surface area (Å²) in [5.74, 6) is -3.42. The van der Waals surface area contributed by atoms with E-state index in [2.05, 4.69) is 10.9 Å². The first kappa shape index (κ1) is 17.8. The van der Waals surface area contributed by atoms with Crippen LogP contribution < -0.4 is 10.9 Å². The van der Waals surface area contributed by atoms with E-state index < -0.39 is 34.5 Å². The zero-order valence-electron chi connectivity index (χ0n) is 14.1. The number of carboxylic acid groups (broad SMARTS) is 1. The molecule has 3 rings (SSSR count). The summed E-state index contributed by atoms with van der Waals surface area (Å²) in [4.78, 5) is 46.3. The molecule has 0 spiro atoms. The highest BCUT2D eigenvalue weighted by Gasteiger charge is 2.54. The average molecular weight is 361 g/mol. The number of nitro benzene ring substituents is 1. The molecule has 138 valence electrons. The van der Waals surface area contributed by atoms with Gasteiger partial charge in [-0.1, -0.05) is 0 Å². The lowest BCUT2D eigenvalue weighted by atomic mass is 9.79. The van der Waals surface area contributed by atoms with Crippen LogP contribution in [0.1, 0.15) is 35.2 Å². The normalized spacial score (nSPS) is 26.3. The zero-order chi connectivity index (χ0) is 19.0. The van der Waals surface area contributed by atoms with Gasteiger partial charge in [-0.15, -0.1) is 0 Å². The Kier molecular flexibility index (Phi) is 4.62. The van der Waals surface area contributed by atoms with Crippen molar-refractivity contribution >= 4 is 23.5 Å². The number of aliphatic carboxylic acids is 1. The minimum absolute atomic E-state index is 0.0151. The van der Waals surface area contributed by atoms with E-state index in [1.54, 1.807) is 0 Å². The maximum Gasteiger partial charge on any atom is 0.307 e. The summed E-state index contributed by atoms with van der Waals surface area (Å²) in [6.45, 7) is 1.51. The van der Waals surface area contributed by atoms with Crippen LogP contribution in [0.5, 0.6) is 0 Å². The quantitative estimate of drug-likeness (QED) is 0.547. The van der Waals surface area contributed by atoms with Gasteiger partial charge in [-0.2, -0.15) is 0 Å². The Balaban J connectivity index is 1.64. The molecule has 0 aliphatic heterocycles. The highest BCUT2D eigenvalue weighted by molar-refractivity contribution is 5.96. The van der Waals surface area contributed by atoms with Crippen LogP contribution in [-0.4, -0.2) is 27.8 Å². The van der Waals surface area contributed by atoms with Crippen LogP contribution >= 0.6 is 0 Å². The van der Waals surface area contributed by atoms with E-state index in [1.807, 2.05) is 0 Å². The number of carbonyl (C=O) groups is 3. The molecule has 1 aromatic carbocycles.